The van der Waals surface area contributed by atoms with Gasteiger partial charge in [-0.1, -0.05) is 0 Å². The summed E-state index contributed by atoms with van der Waals surface area (Å²) in [5.41, 5.74) is 1.97. The molecular weight excluding hydrogens is 228 g/mol. The number of aryl methyl sites for hydroxylation is 1. The monoisotopic (exact) mass is 240 g/mol. The van der Waals surface area contributed by atoms with Crippen LogP contribution < -0.4 is 10.6 Å². The number of anilines is 1. The third kappa shape index (κ3) is 3.24. The summed E-state index contributed by atoms with van der Waals surface area (Å²) in [4.78, 5) is 22.5. The van der Waals surface area contributed by atoms with E-state index < -0.39 is 0 Å². The normalized spacial score (nSPS) is 9.69. The van der Waals surface area contributed by atoms with E-state index in [1.807, 2.05) is 6.92 Å². The molecule has 0 heterocycles. The molecule has 5 heteroatoms. The van der Waals surface area contributed by atoms with Gasteiger partial charge in [0.25, 0.3) is 5.91 Å². The number of carbonyl (C=O) groups is 2. The van der Waals surface area contributed by atoms with Crippen LogP contribution in [0.4, 0.5) is 5.69 Å². The van der Waals surface area contributed by atoms with Gasteiger partial charge in [-0.3, -0.25) is 9.59 Å². The molecule has 0 spiro atoms. The van der Waals surface area contributed by atoms with Crippen molar-refractivity contribution in [3.63, 3.8) is 0 Å². The minimum Gasteiger partial charge on any atom is -0.355 e. The molecule has 1 aromatic carbocycles. The van der Waals surface area contributed by atoms with Crippen molar-refractivity contribution in [3.8, 4) is 0 Å². The molecular formula is C11H13ClN2O2. The number of amides is 2. The maximum Gasteiger partial charge on any atom is 0.251 e. The van der Waals surface area contributed by atoms with Gasteiger partial charge in [0.15, 0.2) is 0 Å². The van der Waals surface area contributed by atoms with Crippen LogP contribution in [-0.4, -0.2) is 24.7 Å². The highest BCUT2D eigenvalue weighted by atomic mass is 35.5. The van der Waals surface area contributed by atoms with Gasteiger partial charge in [-0.15, -0.1) is 11.6 Å². The first-order valence-electron chi connectivity index (χ1n) is 4.76. The fourth-order valence-corrected chi connectivity index (χ4v) is 1.39. The van der Waals surface area contributed by atoms with Gasteiger partial charge in [0.1, 0.15) is 5.88 Å². The van der Waals surface area contributed by atoms with Crippen LogP contribution in [0.25, 0.3) is 0 Å². The van der Waals surface area contributed by atoms with Gasteiger partial charge in [-0.2, -0.15) is 0 Å². The molecule has 16 heavy (non-hydrogen) atoms. The first kappa shape index (κ1) is 12.5. The van der Waals surface area contributed by atoms with Gasteiger partial charge in [0.2, 0.25) is 5.91 Å². The Morgan fingerprint density at radius 2 is 2.00 bits per heavy atom. The number of alkyl halides is 1. The van der Waals surface area contributed by atoms with E-state index in [9.17, 15) is 9.59 Å². The van der Waals surface area contributed by atoms with Crippen molar-refractivity contribution < 1.29 is 9.59 Å². The van der Waals surface area contributed by atoms with Crippen LogP contribution >= 0.6 is 11.6 Å². The van der Waals surface area contributed by atoms with Crippen LogP contribution in [-0.2, 0) is 4.79 Å². The summed E-state index contributed by atoms with van der Waals surface area (Å²) < 4.78 is 0. The lowest BCUT2D eigenvalue weighted by atomic mass is 10.1. The summed E-state index contributed by atoms with van der Waals surface area (Å²) >= 11 is 5.38. The van der Waals surface area contributed by atoms with Crippen LogP contribution in [0.5, 0.6) is 0 Å². The molecule has 4 nitrogen and oxygen atoms in total. The Balaban J connectivity index is 2.98. The summed E-state index contributed by atoms with van der Waals surface area (Å²) in [5.74, 6) is -0.594. The maximum atomic E-state index is 11.4. The van der Waals surface area contributed by atoms with E-state index in [2.05, 4.69) is 10.6 Å². The van der Waals surface area contributed by atoms with E-state index in [1.54, 1.807) is 25.2 Å². The molecule has 0 radical (unpaired) electrons. The van der Waals surface area contributed by atoms with E-state index in [4.69, 9.17) is 11.6 Å². The number of nitrogens with one attached hydrogen (secondary N) is 2. The molecule has 2 amide bonds. The van der Waals surface area contributed by atoms with Crippen LogP contribution in [0.15, 0.2) is 18.2 Å². The second-order valence-corrected chi connectivity index (χ2v) is 3.62. The van der Waals surface area contributed by atoms with Gasteiger partial charge in [-0.25, -0.2) is 0 Å². The Hall–Kier alpha value is -1.55. The highest BCUT2D eigenvalue weighted by Gasteiger charge is 2.07. The van der Waals surface area contributed by atoms with Crippen LogP contribution in [0, 0.1) is 6.92 Å². The molecule has 1 rings (SSSR count). The number of hydrogen-bond donors (Lipinski definition) is 2. The predicted octanol–water partition coefficient (Wildman–Crippen LogP) is 1.53. The molecule has 0 aliphatic rings. The number of hydrogen-bond acceptors (Lipinski definition) is 2. The first-order valence-corrected chi connectivity index (χ1v) is 5.30. The number of rotatable bonds is 3. The molecule has 1 aromatic rings. The summed E-state index contributed by atoms with van der Waals surface area (Å²) in [6.07, 6.45) is 0. The van der Waals surface area contributed by atoms with Gasteiger partial charge < -0.3 is 10.6 Å². The fraction of sp³-hybridized carbons (Fsp3) is 0.273. The highest BCUT2D eigenvalue weighted by molar-refractivity contribution is 6.29. The van der Waals surface area contributed by atoms with Crippen LogP contribution in [0.3, 0.4) is 0 Å². The second kappa shape index (κ2) is 5.51. The van der Waals surface area contributed by atoms with Crippen molar-refractivity contribution in [2.75, 3.05) is 18.2 Å². The van der Waals surface area contributed by atoms with Crippen molar-refractivity contribution >= 4 is 29.1 Å². The van der Waals surface area contributed by atoms with E-state index in [0.717, 1.165) is 5.56 Å². The maximum absolute atomic E-state index is 11.4. The lowest BCUT2D eigenvalue weighted by molar-refractivity contribution is -0.113. The second-order valence-electron chi connectivity index (χ2n) is 3.35. The molecule has 0 atom stereocenters. The fourth-order valence-electron chi connectivity index (χ4n) is 1.33. The SMILES string of the molecule is CNC(=O)c1cc(C)cc(NC(=O)CCl)c1. The van der Waals surface area contributed by atoms with Crippen molar-refractivity contribution in [1.82, 2.24) is 5.32 Å². The van der Waals surface area contributed by atoms with E-state index in [-0.39, 0.29) is 17.7 Å². The Labute approximate surface area is 99.0 Å². The first-order chi connectivity index (χ1) is 7.56. The van der Waals surface area contributed by atoms with Crippen LogP contribution in [0.2, 0.25) is 0 Å². The minimum atomic E-state index is -0.296. The molecule has 0 aliphatic carbocycles. The number of halogens is 1. The minimum absolute atomic E-state index is 0.108. The van der Waals surface area contributed by atoms with Gasteiger partial charge in [0.05, 0.1) is 0 Å². The van der Waals surface area contributed by atoms with Gasteiger partial charge in [0, 0.05) is 18.3 Å². The lowest BCUT2D eigenvalue weighted by Crippen LogP contribution is -2.19. The Kier molecular flexibility index (Phi) is 4.31. The van der Waals surface area contributed by atoms with Crippen molar-refractivity contribution in [1.29, 1.82) is 0 Å². The molecule has 0 bridgehead atoms. The summed E-state index contributed by atoms with van der Waals surface area (Å²) in [7, 11) is 1.56. The zero-order chi connectivity index (χ0) is 12.1. The smallest absolute Gasteiger partial charge is 0.251 e. The van der Waals surface area contributed by atoms with E-state index in [0.29, 0.717) is 11.3 Å². The molecule has 0 fully saturated rings. The summed E-state index contributed by atoms with van der Waals surface area (Å²) in [6.45, 7) is 1.85. The average Bonchev–Trinajstić information content (AvgIpc) is 2.27. The van der Waals surface area contributed by atoms with Gasteiger partial charge in [-0.05, 0) is 30.7 Å². The van der Waals surface area contributed by atoms with Gasteiger partial charge >= 0.3 is 0 Å². The molecule has 0 aromatic heterocycles. The zero-order valence-corrected chi connectivity index (χ0v) is 9.89. The standard InChI is InChI=1S/C11H13ClN2O2/c1-7-3-8(11(16)13-2)5-9(4-7)14-10(15)6-12/h3-5H,6H2,1-2H3,(H,13,16)(H,14,15). The van der Waals surface area contributed by atoms with Crippen molar-refractivity contribution in [2.24, 2.45) is 0 Å². The van der Waals surface area contributed by atoms with Crippen molar-refractivity contribution in [3.05, 3.63) is 29.3 Å². The molecule has 86 valence electrons. The van der Waals surface area contributed by atoms with E-state index >= 15 is 0 Å². The topological polar surface area (TPSA) is 58.2 Å². The Bertz CT molecular complexity index is 418. The van der Waals surface area contributed by atoms with Crippen molar-refractivity contribution in [2.45, 2.75) is 6.92 Å². The zero-order valence-electron chi connectivity index (χ0n) is 9.13. The number of benzene rings is 1. The number of carbonyl (C=O) groups excluding carboxylic acids is 2. The molecule has 2 N–H and O–H groups in total. The molecule has 0 saturated heterocycles. The Morgan fingerprint density at radius 3 is 2.56 bits per heavy atom. The molecule has 0 unspecified atom stereocenters. The molecule has 0 saturated carbocycles. The van der Waals surface area contributed by atoms with Crippen LogP contribution in [0.1, 0.15) is 15.9 Å². The quantitative estimate of drug-likeness (QED) is 0.788. The summed E-state index contributed by atoms with van der Waals surface area (Å²) in [5, 5.41) is 5.13. The third-order valence-electron chi connectivity index (χ3n) is 1.97. The largest absolute Gasteiger partial charge is 0.355 e. The predicted molar refractivity (Wildman–Crippen MR) is 63.9 cm³/mol. The molecule has 0 aliphatic heterocycles. The summed E-state index contributed by atoms with van der Waals surface area (Å²) in [6, 6.07) is 5.13. The lowest BCUT2D eigenvalue weighted by Gasteiger charge is -2.07. The Morgan fingerprint density at radius 1 is 1.31 bits per heavy atom. The van der Waals surface area contributed by atoms with E-state index in [1.165, 1.54) is 0 Å². The highest BCUT2D eigenvalue weighted by Crippen LogP contribution is 2.14. The average molecular weight is 241 g/mol. The third-order valence-corrected chi connectivity index (χ3v) is 2.21.